The molecular weight excluding hydrogens is 390 g/mol. The maximum Gasteiger partial charge on any atom is 0.309 e. The van der Waals surface area contributed by atoms with Crippen molar-refractivity contribution >= 4 is 54.9 Å². The summed E-state index contributed by atoms with van der Waals surface area (Å²) in [5.41, 5.74) is 0. The van der Waals surface area contributed by atoms with E-state index < -0.39 is 15.9 Å². The van der Waals surface area contributed by atoms with Crippen LogP contribution in [0.3, 0.4) is 0 Å². The molecule has 0 amide bonds. The van der Waals surface area contributed by atoms with Gasteiger partial charge in [0.25, 0.3) is 10.0 Å². The zero-order chi connectivity index (χ0) is 14.9. The van der Waals surface area contributed by atoms with Crippen LogP contribution >= 0.6 is 38.9 Å². The summed E-state index contributed by atoms with van der Waals surface area (Å²) in [5, 5.41) is 0.370. The van der Waals surface area contributed by atoms with Gasteiger partial charge in [-0.2, -0.15) is 4.31 Å². The molecule has 1 unspecified atom stereocenters. The van der Waals surface area contributed by atoms with Gasteiger partial charge in [-0.3, -0.25) is 4.79 Å². The lowest BCUT2D eigenvalue weighted by Crippen LogP contribution is -2.42. The number of ether oxygens (including phenoxy) is 1. The first-order chi connectivity index (χ1) is 9.36. The third-order valence-corrected chi connectivity index (χ3v) is 7.92. The first kappa shape index (κ1) is 16.2. The fourth-order valence-electron chi connectivity index (χ4n) is 2.10. The number of hydrogen-bond acceptors (Lipinski definition) is 5. The fourth-order valence-corrected chi connectivity index (χ4v) is 6.18. The molecule has 1 saturated heterocycles. The van der Waals surface area contributed by atoms with Crippen molar-refractivity contribution < 1.29 is 17.9 Å². The average molecular weight is 403 g/mol. The number of halogens is 2. The normalized spacial score (nSPS) is 20.9. The SMILES string of the molecule is COC(=O)C1CCCN(S(=O)(=O)c2cc(Cl)c(Br)s2)C1. The Morgan fingerprint density at radius 2 is 2.30 bits per heavy atom. The van der Waals surface area contributed by atoms with Crippen molar-refractivity contribution in [2.75, 3.05) is 20.2 Å². The van der Waals surface area contributed by atoms with Crippen LogP contribution in [0, 0.1) is 5.92 Å². The molecule has 2 heterocycles. The Bertz CT molecular complexity index is 596. The minimum absolute atomic E-state index is 0.155. The lowest BCUT2D eigenvalue weighted by Gasteiger charge is -2.29. The Balaban J connectivity index is 2.23. The summed E-state index contributed by atoms with van der Waals surface area (Å²) in [4.78, 5) is 11.6. The zero-order valence-corrected chi connectivity index (χ0v) is 14.6. The van der Waals surface area contributed by atoms with Crippen molar-refractivity contribution in [2.45, 2.75) is 17.1 Å². The van der Waals surface area contributed by atoms with Crippen LogP contribution in [0.5, 0.6) is 0 Å². The van der Waals surface area contributed by atoms with Gasteiger partial charge in [0.15, 0.2) is 0 Å². The molecule has 1 aromatic rings. The first-order valence-electron chi connectivity index (χ1n) is 5.89. The van der Waals surface area contributed by atoms with Crippen LogP contribution < -0.4 is 0 Å². The van der Waals surface area contributed by atoms with Gasteiger partial charge in [0, 0.05) is 13.1 Å². The fraction of sp³-hybridized carbons (Fsp3) is 0.545. The predicted octanol–water partition coefficient (Wildman–Crippen LogP) is 2.74. The lowest BCUT2D eigenvalue weighted by atomic mass is 10.0. The van der Waals surface area contributed by atoms with Crippen molar-refractivity contribution in [2.24, 2.45) is 5.92 Å². The highest BCUT2D eigenvalue weighted by Gasteiger charge is 2.34. The molecule has 0 saturated carbocycles. The minimum Gasteiger partial charge on any atom is -0.469 e. The van der Waals surface area contributed by atoms with E-state index in [4.69, 9.17) is 16.3 Å². The summed E-state index contributed by atoms with van der Waals surface area (Å²) >= 11 is 10.2. The summed E-state index contributed by atoms with van der Waals surface area (Å²) in [6, 6.07) is 1.42. The van der Waals surface area contributed by atoms with E-state index in [2.05, 4.69) is 15.9 Å². The van der Waals surface area contributed by atoms with Crippen molar-refractivity contribution in [3.05, 3.63) is 14.9 Å². The molecule has 0 bridgehead atoms. The highest BCUT2D eigenvalue weighted by atomic mass is 79.9. The van der Waals surface area contributed by atoms with Crippen LogP contribution in [0.4, 0.5) is 0 Å². The molecule has 0 spiro atoms. The number of piperidine rings is 1. The quantitative estimate of drug-likeness (QED) is 0.729. The van der Waals surface area contributed by atoms with E-state index in [1.165, 1.54) is 17.5 Å². The summed E-state index contributed by atoms with van der Waals surface area (Å²) < 4.78 is 31.8. The van der Waals surface area contributed by atoms with Gasteiger partial charge in [-0.05, 0) is 34.8 Å². The highest BCUT2D eigenvalue weighted by molar-refractivity contribution is 9.11. The Kier molecular flexibility index (Phi) is 5.12. The average Bonchev–Trinajstić information content (AvgIpc) is 2.78. The van der Waals surface area contributed by atoms with E-state index in [1.807, 2.05) is 0 Å². The topological polar surface area (TPSA) is 63.7 Å². The smallest absolute Gasteiger partial charge is 0.309 e. The standard InChI is InChI=1S/C11H13BrClNO4S2/c1-18-11(15)7-3-2-4-14(6-7)20(16,17)9-5-8(13)10(12)19-9/h5,7H,2-4,6H2,1H3. The number of nitrogens with zero attached hydrogens (tertiary/aromatic N) is 1. The van der Waals surface area contributed by atoms with Crippen LogP contribution in [-0.4, -0.2) is 38.9 Å². The van der Waals surface area contributed by atoms with Gasteiger partial charge in [0.1, 0.15) is 4.21 Å². The van der Waals surface area contributed by atoms with Crippen LogP contribution in [0.2, 0.25) is 5.02 Å². The molecule has 9 heteroatoms. The number of hydrogen-bond donors (Lipinski definition) is 0. The van der Waals surface area contributed by atoms with E-state index in [0.717, 1.165) is 11.3 Å². The zero-order valence-electron chi connectivity index (χ0n) is 10.6. The molecule has 0 aromatic carbocycles. The Labute approximate surface area is 135 Å². The van der Waals surface area contributed by atoms with Crippen LogP contribution in [-0.2, 0) is 19.6 Å². The van der Waals surface area contributed by atoms with E-state index in [9.17, 15) is 13.2 Å². The predicted molar refractivity (Wildman–Crippen MR) is 80.5 cm³/mol. The maximum absolute atomic E-state index is 12.5. The van der Waals surface area contributed by atoms with Gasteiger partial charge in [-0.15, -0.1) is 11.3 Å². The van der Waals surface area contributed by atoms with Gasteiger partial charge >= 0.3 is 5.97 Å². The minimum atomic E-state index is -3.61. The van der Waals surface area contributed by atoms with Gasteiger partial charge in [0.2, 0.25) is 0 Å². The van der Waals surface area contributed by atoms with Crippen LogP contribution in [0.1, 0.15) is 12.8 Å². The van der Waals surface area contributed by atoms with Gasteiger partial charge in [0.05, 0.1) is 21.8 Å². The molecule has 5 nitrogen and oxygen atoms in total. The molecule has 1 fully saturated rings. The van der Waals surface area contributed by atoms with Crippen molar-refractivity contribution in [1.29, 1.82) is 0 Å². The first-order valence-corrected chi connectivity index (χ1v) is 9.32. The highest BCUT2D eigenvalue weighted by Crippen LogP contribution is 2.36. The van der Waals surface area contributed by atoms with Crippen molar-refractivity contribution in [1.82, 2.24) is 4.31 Å². The number of thiophene rings is 1. The summed E-state index contributed by atoms with van der Waals surface area (Å²) in [6.07, 6.45) is 1.28. The van der Waals surface area contributed by atoms with E-state index in [0.29, 0.717) is 28.2 Å². The largest absolute Gasteiger partial charge is 0.469 e. The van der Waals surface area contributed by atoms with Gasteiger partial charge in [-0.25, -0.2) is 8.42 Å². The lowest BCUT2D eigenvalue weighted by molar-refractivity contribution is -0.146. The molecule has 2 rings (SSSR count). The summed E-state index contributed by atoms with van der Waals surface area (Å²) in [5.74, 6) is -0.766. The van der Waals surface area contributed by atoms with Crippen LogP contribution in [0.15, 0.2) is 14.1 Å². The number of rotatable bonds is 3. The number of esters is 1. The molecule has 0 radical (unpaired) electrons. The third-order valence-electron chi connectivity index (χ3n) is 3.14. The molecule has 1 atom stereocenters. The van der Waals surface area contributed by atoms with E-state index in [1.54, 1.807) is 0 Å². The number of carbonyl (C=O) groups excluding carboxylic acids is 1. The number of methoxy groups -OCH3 is 1. The molecule has 112 valence electrons. The monoisotopic (exact) mass is 401 g/mol. The second kappa shape index (κ2) is 6.31. The molecule has 20 heavy (non-hydrogen) atoms. The second-order valence-corrected chi connectivity index (χ2v) is 9.35. The summed E-state index contributed by atoms with van der Waals surface area (Å²) in [7, 11) is -2.30. The molecular formula is C11H13BrClNO4S2. The molecule has 1 aliphatic heterocycles. The Hall–Kier alpha value is -0.150. The summed E-state index contributed by atoms with van der Waals surface area (Å²) in [6.45, 7) is 0.561. The Morgan fingerprint density at radius 1 is 1.60 bits per heavy atom. The third kappa shape index (κ3) is 3.19. The number of sulfonamides is 1. The van der Waals surface area contributed by atoms with Gasteiger partial charge < -0.3 is 4.74 Å². The second-order valence-electron chi connectivity index (χ2n) is 4.41. The maximum atomic E-state index is 12.5. The number of carbonyl (C=O) groups is 1. The van der Waals surface area contributed by atoms with Crippen molar-refractivity contribution in [3.63, 3.8) is 0 Å². The molecule has 0 N–H and O–H groups in total. The van der Waals surface area contributed by atoms with E-state index in [-0.39, 0.29) is 16.7 Å². The molecule has 1 aliphatic rings. The molecule has 1 aromatic heterocycles. The Morgan fingerprint density at radius 3 is 2.85 bits per heavy atom. The van der Waals surface area contributed by atoms with Crippen LogP contribution in [0.25, 0.3) is 0 Å². The van der Waals surface area contributed by atoms with Gasteiger partial charge in [-0.1, -0.05) is 11.6 Å². The van der Waals surface area contributed by atoms with E-state index >= 15 is 0 Å². The van der Waals surface area contributed by atoms with Crippen molar-refractivity contribution in [3.8, 4) is 0 Å². The molecule has 0 aliphatic carbocycles.